The first-order valence-corrected chi connectivity index (χ1v) is 8.52. The number of aromatic nitrogens is 2. The van der Waals surface area contributed by atoms with E-state index in [1.54, 1.807) is 0 Å². The van der Waals surface area contributed by atoms with Gasteiger partial charge in [-0.3, -0.25) is 0 Å². The molecule has 0 amide bonds. The van der Waals surface area contributed by atoms with Gasteiger partial charge < -0.3 is 0 Å². The molecule has 0 aliphatic carbocycles. The second-order valence-corrected chi connectivity index (χ2v) is 5.88. The minimum absolute atomic E-state index is 0.813. The third kappa shape index (κ3) is 3.43. The van der Waals surface area contributed by atoms with Crippen molar-refractivity contribution in [2.45, 2.75) is 0 Å². The van der Waals surface area contributed by atoms with Crippen molar-refractivity contribution in [2.75, 3.05) is 0 Å². The van der Waals surface area contributed by atoms with Gasteiger partial charge in [0.1, 0.15) is 11.0 Å². The fourth-order valence-corrected chi connectivity index (χ4v) is 2.96. The summed E-state index contributed by atoms with van der Waals surface area (Å²) in [4.78, 5) is 0. The Labute approximate surface area is 150 Å². The van der Waals surface area contributed by atoms with Crippen LogP contribution in [0, 0.1) is 23.7 Å². The van der Waals surface area contributed by atoms with Crippen LogP contribution in [0.4, 0.5) is 0 Å². The van der Waals surface area contributed by atoms with E-state index in [1.165, 1.54) is 11.7 Å². The quantitative estimate of drug-likeness (QED) is 0.442. The predicted molar refractivity (Wildman–Crippen MR) is 102 cm³/mol. The molecular weight excluding hydrogens is 324 g/mol. The normalized spacial score (nSPS) is 9.76. The van der Waals surface area contributed by atoms with Crippen molar-refractivity contribution >= 4 is 22.8 Å². The lowest BCUT2D eigenvalue weighted by atomic mass is 10.1. The van der Waals surface area contributed by atoms with Gasteiger partial charge in [0.05, 0.1) is 22.9 Å². The van der Waals surface area contributed by atoms with E-state index in [0.29, 0.717) is 0 Å². The second kappa shape index (κ2) is 7.01. The molecule has 0 aliphatic heterocycles. The maximum atomic E-state index is 4.41. The summed E-state index contributed by atoms with van der Waals surface area (Å²) in [5.74, 6) is 12.7. The molecular formula is C22H12N2S. The van der Waals surface area contributed by atoms with Crippen LogP contribution < -0.4 is 0 Å². The Kier molecular flexibility index (Phi) is 4.25. The molecule has 3 heteroatoms. The van der Waals surface area contributed by atoms with Crippen LogP contribution in [-0.4, -0.2) is 8.75 Å². The summed E-state index contributed by atoms with van der Waals surface area (Å²) in [6, 6.07) is 23.8. The lowest BCUT2D eigenvalue weighted by Gasteiger charge is -1.96. The zero-order chi connectivity index (χ0) is 16.9. The highest BCUT2D eigenvalue weighted by atomic mass is 32.1. The smallest absolute Gasteiger partial charge is 0.121 e. The minimum atomic E-state index is 0.813. The molecule has 0 unspecified atom stereocenters. The predicted octanol–water partition coefficient (Wildman–Crippen LogP) is 4.49. The van der Waals surface area contributed by atoms with E-state index >= 15 is 0 Å². The van der Waals surface area contributed by atoms with Crippen molar-refractivity contribution < 1.29 is 0 Å². The van der Waals surface area contributed by atoms with Crippen molar-refractivity contribution in [2.24, 2.45) is 0 Å². The maximum Gasteiger partial charge on any atom is 0.121 e. The third-order valence-corrected chi connectivity index (χ3v) is 4.17. The number of hydrogen-bond donors (Lipinski definition) is 0. The topological polar surface area (TPSA) is 25.8 Å². The maximum absolute atomic E-state index is 4.41. The van der Waals surface area contributed by atoms with Crippen molar-refractivity contribution in [1.29, 1.82) is 0 Å². The number of fused-ring (bicyclic) bond motifs is 1. The first-order chi connectivity index (χ1) is 12.4. The summed E-state index contributed by atoms with van der Waals surface area (Å²) in [5.41, 5.74) is 5.33. The Morgan fingerprint density at radius 2 is 0.960 bits per heavy atom. The van der Waals surface area contributed by atoms with Crippen LogP contribution in [0.2, 0.25) is 0 Å². The second-order valence-electron chi connectivity index (χ2n) is 5.35. The van der Waals surface area contributed by atoms with Crippen LogP contribution in [-0.2, 0) is 0 Å². The first kappa shape index (κ1) is 15.1. The average molecular weight is 336 g/mol. The molecule has 0 atom stereocenters. The fraction of sp³-hybridized carbons (Fsp3) is 0. The zero-order valence-electron chi connectivity index (χ0n) is 13.2. The molecule has 1 aromatic heterocycles. The Hall–Kier alpha value is -3.40. The number of hydrogen-bond acceptors (Lipinski definition) is 3. The molecule has 116 valence electrons. The molecule has 0 bridgehead atoms. The molecule has 4 rings (SSSR count). The van der Waals surface area contributed by atoms with Crippen LogP contribution in [0.5, 0.6) is 0 Å². The van der Waals surface area contributed by atoms with Gasteiger partial charge in [-0.2, -0.15) is 8.75 Å². The van der Waals surface area contributed by atoms with E-state index in [0.717, 1.165) is 33.3 Å². The van der Waals surface area contributed by atoms with Crippen molar-refractivity contribution in [3.8, 4) is 23.7 Å². The van der Waals surface area contributed by atoms with E-state index in [9.17, 15) is 0 Å². The molecule has 4 aromatic rings. The minimum Gasteiger partial charge on any atom is -0.172 e. The standard InChI is InChI=1S/C22H12N2S/c1-3-7-17(8-4-1)11-13-19-15-16-20(22-21(19)23-25-24-22)14-12-18-9-5-2-6-10-18/h1-10,15-16H. The Bertz CT molecular complexity index is 1050. The van der Waals surface area contributed by atoms with Gasteiger partial charge in [0.15, 0.2) is 0 Å². The van der Waals surface area contributed by atoms with Crippen LogP contribution in [0.3, 0.4) is 0 Å². The van der Waals surface area contributed by atoms with Crippen LogP contribution >= 0.6 is 11.7 Å². The average Bonchev–Trinajstić information content (AvgIpc) is 3.17. The van der Waals surface area contributed by atoms with Crippen LogP contribution in [0.15, 0.2) is 72.8 Å². The van der Waals surface area contributed by atoms with E-state index in [2.05, 4.69) is 32.4 Å². The number of nitrogens with zero attached hydrogens (tertiary/aromatic N) is 2. The van der Waals surface area contributed by atoms with E-state index < -0.39 is 0 Å². The molecule has 3 aromatic carbocycles. The summed E-state index contributed by atoms with van der Waals surface area (Å²) in [5, 5.41) is 0. The first-order valence-electron chi connectivity index (χ1n) is 7.79. The lowest BCUT2D eigenvalue weighted by Crippen LogP contribution is -1.85. The fourth-order valence-electron chi connectivity index (χ4n) is 2.39. The van der Waals surface area contributed by atoms with Crippen LogP contribution in [0.25, 0.3) is 11.0 Å². The molecule has 0 fully saturated rings. The van der Waals surface area contributed by atoms with E-state index in [1.807, 2.05) is 72.8 Å². The molecule has 0 saturated carbocycles. The molecule has 0 saturated heterocycles. The van der Waals surface area contributed by atoms with Gasteiger partial charge in [0.25, 0.3) is 0 Å². The molecule has 25 heavy (non-hydrogen) atoms. The Balaban J connectivity index is 1.73. The van der Waals surface area contributed by atoms with Crippen molar-refractivity contribution in [3.05, 3.63) is 95.1 Å². The molecule has 0 radical (unpaired) electrons. The van der Waals surface area contributed by atoms with Gasteiger partial charge in [-0.05, 0) is 36.4 Å². The van der Waals surface area contributed by atoms with Gasteiger partial charge in [0.2, 0.25) is 0 Å². The van der Waals surface area contributed by atoms with Gasteiger partial charge >= 0.3 is 0 Å². The third-order valence-electron chi connectivity index (χ3n) is 3.65. The lowest BCUT2D eigenvalue weighted by molar-refractivity contribution is 1.57. The Morgan fingerprint density at radius 3 is 1.40 bits per heavy atom. The monoisotopic (exact) mass is 336 g/mol. The summed E-state index contributed by atoms with van der Waals surface area (Å²) in [6.45, 7) is 0. The summed E-state index contributed by atoms with van der Waals surface area (Å²) in [7, 11) is 0. The summed E-state index contributed by atoms with van der Waals surface area (Å²) < 4.78 is 8.81. The number of benzene rings is 3. The zero-order valence-corrected chi connectivity index (χ0v) is 14.0. The largest absolute Gasteiger partial charge is 0.172 e. The van der Waals surface area contributed by atoms with E-state index in [4.69, 9.17) is 0 Å². The Morgan fingerprint density at radius 1 is 0.520 bits per heavy atom. The van der Waals surface area contributed by atoms with Gasteiger partial charge in [-0.1, -0.05) is 60.1 Å². The molecule has 0 spiro atoms. The highest BCUT2D eigenvalue weighted by molar-refractivity contribution is 7.00. The number of rotatable bonds is 0. The van der Waals surface area contributed by atoms with Gasteiger partial charge in [-0.25, -0.2) is 0 Å². The molecule has 0 aliphatic rings. The molecule has 1 heterocycles. The SMILES string of the molecule is C(#Cc1ccc(C#Cc2ccccc2)c2nsnc12)c1ccccc1. The summed E-state index contributed by atoms with van der Waals surface area (Å²) >= 11 is 1.19. The molecule has 2 nitrogen and oxygen atoms in total. The molecule has 0 N–H and O–H groups in total. The highest BCUT2D eigenvalue weighted by Crippen LogP contribution is 2.20. The van der Waals surface area contributed by atoms with Gasteiger partial charge in [0, 0.05) is 11.1 Å². The van der Waals surface area contributed by atoms with Crippen LogP contribution in [0.1, 0.15) is 22.3 Å². The van der Waals surface area contributed by atoms with E-state index in [-0.39, 0.29) is 0 Å². The van der Waals surface area contributed by atoms with Gasteiger partial charge in [-0.15, -0.1) is 0 Å². The summed E-state index contributed by atoms with van der Waals surface area (Å²) in [6.07, 6.45) is 0. The highest BCUT2D eigenvalue weighted by Gasteiger charge is 2.07. The van der Waals surface area contributed by atoms with Crippen molar-refractivity contribution in [3.63, 3.8) is 0 Å². The van der Waals surface area contributed by atoms with Crippen molar-refractivity contribution in [1.82, 2.24) is 8.75 Å².